The summed E-state index contributed by atoms with van der Waals surface area (Å²) >= 11 is 0. The lowest BCUT2D eigenvalue weighted by atomic mass is 10.1. The number of aliphatic carboxylic acids is 1. The van der Waals surface area contributed by atoms with Crippen molar-refractivity contribution >= 4 is 5.97 Å². The van der Waals surface area contributed by atoms with E-state index < -0.39 is 5.97 Å². The van der Waals surface area contributed by atoms with Crippen molar-refractivity contribution in [2.75, 3.05) is 13.1 Å². The van der Waals surface area contributed by atoms with Crippen molar-refractivity contribution in [3.05, 3.63) is 23.8 Å². The minimum absolute atomic E-state index is 0.00902. The van der Waals surface area contributed by atoms with Crippen molar-refractivity contribution in [3.8, 4) is 11.5 Å². The van der Waals surface area contributed by atoms with Crippen LogP contribution < -0.4 is 5.32 Å². The van der Waals surface area contributed by atoms with Crippen molar-refractivity contribution < 1.29 is 20.1 Å². The molecule has 0 aliphatic carbocycles. The first kappa shape index (κ1) is 11.3. The summed E-state index contributed by atoms with van der Waals surface area (Å²) in [5.74, 6) is -0.883. The summed E-state index contributed by atoms with van der Waals surface area (Å²) in [7, 11) is 0. The molecule has 0 aliphatic rings. The molecule has 5 nitrogen and oxygen atoms in total. The lowest BCUT2D eigenvalue weighted by Gasteiger charge is -2.05. The molecule has 5 heteroatoms. The summed E-state index contributed by atoms with van der Waals surface area (Å²) in [6, 6.07) is 4.34. The van der Waals surface area contributed by atoms with Crippen LogP contribution in [0, 0.1) is 0 Å². The van der Waals surface area contributed by atoms with E-state index in [-0.39, 0.29) is 18.0 Å². The zero-order valence-electron chi connectivity index (χ0n) is 8.10. The van der Waals surface area contributed by atoms with Crippen molar-refractivity contribution in [3.63, 3.8) is 0 Å². The fourth-order valence-electron chi connectivity index (χ4n) is 1.18. The smallest absolute Gasteiger partial charge is 0.317 e. The van der Waals surface area contributed by atoms with Crippen LogP contribution in [0.5, 0.6) is 11.5 Å². The van der Waals surface area contributed by atoms with Gasteiger partial charge in [0.2, 0.25) is 0 Å². The SMILES string of the molecule is O=C(O)CNCCc1ccc(O)cc1O. The van der Waals surface area contributed by atoms with E-state index in [2.05, 4.69) is 5.32 Å². The molecule has 4 N–H and O–H groups in total. The highest BCUT2D eigenvalue weighted by Gasteiger charge is 2.02. The number of hydrogen-bond donors (Lipinski definition) is 4. The average Bonchev–Trinajstić information content (AvgIpc) is 2.14. The molecule has 82 valence electrons. The quantitative estimate of drug-likeness (QED) is 0.526. The van der Waals surface area contributed by atoms with Crippen LogP contribution in [0.3, 0.4) is 0 Å². The van der Waals surface area contributed by atoms with E-state index in [1.807, 2.05) is 0 Å². The number of phenols is 2. The van der Waals surface area contributed by atoms with Crippen LogP contribution in [0.1, 0.15) is 5.56 Å². The van der Waals surface area contributed by atoms with Gasteiger partial charge in [0.05, 0.1) is 6.54 Å². The number of hydrogen-bond acceptors (Lipinski definition) is 4. The Morgan fingerprint density at radius 3 is 2.67 bits per heavy atom. The fourth-order valence-corrected chi connectivity index (χ4v) is 1.18. The van der Waals surface area contributed by atoms with E-state index in [4.69, 9.17) is 10.2 Å². The third-order valence-corrected chi connectivity index (χ3v) is 1.92. The van der Waals surface area contributed by atoms with Crippen LogP contribution in [0.15, 0.2) is 18.2 Å². The van der Waals surface area contributed by atoms with Gasteiger partial charge in [0.1, 0.15) is 11.5 Å². The van der Waals surface area contributed by atoms with Crippen LogP contribution in [0.4, 0.5) is 0 Å². The Balaban J connectivity index is 2.40. The lowest BCUT2D eigenvalue weighted by Crippen LogP contribution is -2.24. The zero-order chi connectivity index (χ0) is 11.3. The van der Waals surface area contributed by atoms with Gasteiger partial charge in [-0.15, -0.1) is 0 Å². The second-order valence-electron chi connectivity index (χ2n) is 3.13. The van der Waals surface area contributed by atoms with E-state index in [0.717, 1.165) is 0 Å². The first-order valence-corrected chi connectivity index (χ1v) is 4.53. The average molecular weight is 211 g/mol. The van der Waals surface area contributed by atoms with E-state index in [9.17, 15) is 9.90 Å². The molecule has 15 heavy (non-hydrogen) atoms. The van der Waals surface area contributed by atoms with Crippen LogP contribution in [-0.2, 0) is 11.2 Å². The van der Waals surface area contributed by atoms with Gasteiger partial charge in [-0.2, -0.15) is 0 Å². The summed E-state index contributed by atoms with van der Waals surface area (Å²) in [6.07, 6.45) is 0.513. The third-order valence-electron chi connectivity index (χ3n) is 1.92. The van der Waals surface area contributed by atoms with Crippen molar-refractivity contribution in [1.29, 1.82) is 0 Å². The Morgan fingerprint density at radius 1 is 1.33 bits per heavy atom. The van der Waals surface area contributed by atoms with E-state index in [0.29, 0.717) is 18.5 Å². The monoisotopic (exact) mass is 211 g/mol. The highest BCUT2D eigenvalue weighted by Crippen LogP contribution is 2.22. The summed E-state index contributed by atoms with van der Waals surface area (Å²) in [6.45, 7) is 0.365. The molecule has 1 aromatic carbocycles. The van der Waals surface area contributed by atoms with Crippen LogP contribution in [-0.4, -0.2) is 34.4 Å². The van der Waals surface area contributed by atoms with Gasteiger partial charge in [0.25, 0.3) is 0 Å². The number of nitrogens with one attached hydrogen (secondary N) is 1. The van der Waals surface area contributed by atoms with Gasteiger partial charge >= 0.3 is 5.97 Å². The van der Waals surface area contributed by atoms with E-state index >= 15 is 0 Å². The number of benzene rings is 1. The second kappa shape index (κ2) is 5.21. The lowest BCUT2D eigenvalue weighted by molar-refractivity contribution is -0.135. The molecular weight excluding hydrogens is 198 g/mol. The molecule has 0 heterocycles. The molecular formula is C10H13NO4. The number of aromatic hydroxyl groups is 2. The van der Waals surface area contributed by atoms with Gasteiger partial charge in [-0.05, 0) is 24.6 Å². The van der Waals surface area contributed by atoms with Crippen LogP contribution >= 0.6 is 0 Å². The zero-order valence-corrected chi connectivity index (χ0v) is 8.10. The maximum absolute atomic E-state index is 10.2. The van der Waals surface area contributed by atoms with Gasteiger partial charge in [-0.1, -0.05) is 6.07 Å². The highest BCUT2D eigenvalue weighted by atomic mass is 16.4. The van der Waals surface area contributed by atoms with Crippen LogP contribution in [0.25, 0.3) is 0 Å². The molecule has 0 saturated heterocycles. The van der Waals surface area contributed by atoms with Gasteiger partial charge in [-0.25, -0.2) is 0 Å². The fraction of sp³-hybridized carbons (Fsp3) is 0.300. The van der Waals surface area contributed by atoms with Gasteiger partial charge in [-0.3, -0.25) is 4.79 Å². The standard InChI is InChI=1S/C10H13NO4/c12-8-2-1-7(9(13)5-8)3-4-11-6-10(14)15/h1-2,5,11-13H,3-4,6H2,(H,14,15). The molecule has 0 amide bonds. The largest absolute Gasteiger partial charge is 0.508 e. The van der Waals surface area contributed by atoms with Crippen molar-refractivity contribution in [1.82, 2.24) is 5.32 Å². The molecule has 0 bridgehead atoms. The number of carboxylic acid groups (broad SMARTS) is 1. The normalized spacial score (nSPS) is 10.1. The predicted molar refractivity (Wildman–Crippen MR) is 54.0 cm³/mol. The molecule has 0 unspecified atom stereocenters. The minimum atomic E-state index is -0.912. The topological polar surface area (TPSA) is 89.8 Å². The first-order chi connectivity index (χ1) is 7.09. The molecule has 0 aromatic heterocycles. The van der Waals surface area contributed by atoms with Crippen LogP contribution in [0.2, 0.25) is 0 Å². The highest BCUT2D eigenvalue weighted by molar-refractivity contribution is 5.68. The van der Waals surface area contributed by atoms with Crippen molar-refractivity contribution in [2.24, 2.45) is 0 Å². The molecule has 0 spiro atoms. The van der Waals surface area contributed by atoms with Gasteiger partial charge in [0, 0.05) is 6.07 Å². The Hall–Kier alpha value is -1.75. The third kappa shape index (κ3) is 3.86. The summed E-state index contributed by atoms with van der Waals surface area (Å²) in [4.78, 5) is 10.2. The number of carboxylic acids is 1. The number of rotatable bonds is 5. The molecule has 0 saturated carbocycles. The number of carbonyl (C=O) groups is 1. The van der Waals surface area contributed by atoms with Crippen molar-refractivity contribution in [2.45, 2.75) is 6.42 Å². The molecule has 0 atom stereocenters. The molecule has 0 aliphatic heterocycles. The van der Waals surface area contributed by atoms with Gasteiger partial charge in [0.15, 0.2) is 0 Å². The molecule has 1 aromatic rings. The predicted octanol–water partition coefficient (Wildman–Crippen LogP) is 0.314. The molecule has 1 rings (SSSR count). The maximum Gasteiger partial charge on any atom is 0.317 e. The van der Waals surface area contributed by atoms with E-state index in [1.165, 1.54) is 12.1 Å². The second-order valence-corrected chi connectivity index (χ2v) is 3.13. The summed E-state index contributed by atoms with van der Waals surface area (Å²) < 4.78 is 0. The molecule has 0 radical (unpaired) electrons. The Kier molecular flexibility index (Phi) is 3.93. The Labute approximate surface area is 87.0 Å². The minimum Gasteiger partial charge on any atom is -0.508 e. The first-order valence-electron chi connectivity index (χ1n) is 4.53. The Bertz CT molecular complexity index is 351. The van der Waals surface area contributed by atoms with E-state index in [1.54, 1.807) is 6.07 Å². The number of phenolic OH excluding ortho intramolecular Hbond substituents is 2. The summed E-state index contributed by atoms with van der Waals surface area (Å²) in [5, 5.41) is 29.5. The molecule has 0 fully saturated rings. The van der Waals surface area contributed by atoms with Gasteiger partial charge < -0.3 is 20.6 Å². The Morgan fingerprint density at radius 2 is 2.07 bits per heavy atom. The summed E-state index contributed by atoms with van der Waals surface area (Å²) in [5.41, 5.74) is 0.672. The maximum atomic E-state index is 10.2.